The van der Waals surface area contributed by atoms with Crippen molar-refractivity contribution >= 4 is 17.3 Å². The normalized spacial score (nSPS) is 10.8. The summed E-state index contributed by atoms with van der Waals surface area (Å²) < 4.78 is 5.95. The highest BCUT2D eigenvalue weighted by Crippen LogP contribution is 2.32. The smallest absolute Gasteiger partial charge is 0.166 e. The van der Waals surface area contributed by atoms with Crippen LogP contribution in [0.4, 0.5) is 11.5 Å². The van der Waals surface area contributed by atoms with Crippen LogP contribution >= 0.6 is 0 Å². The number of anilines is 2. The number of hydrogen-bond acceptors (Lipinski definition) is 5. The predicted octanol–water partition coefficient (Wildman–Crippen LogP) is 5.67. The minimum atomic E-state index is -0.0533. The Morgan fingerprint density at radius 2 is 1.93 bits per heavy atom. The van der Waals surface area contributed by atoms with E-state index in [1.807, 2.05) is 68.3 Å². The van der Waals surface area contributed by atoms with Crippen LogP contribution in [0, 0.1) is 12.8 Å². The van der Waals surface area contributed by atoms with Gasteiger partial charge in [-0.2, -0.15) is 0 Å². The number of ketones is 1. The zero-order valence-corrected chi connectivity index (χ0v) is 17.9. The minimum absolute atomic E-state index is 0.00165. The summed E-state index contributed by atoms with van der Waals surface area (Å²) in [5.41, 5.74) is 2.93. The Bertz CT molecular complexity index is 1020. The summed E-state index contributed by atoms with van der Waals surface area (Å²) in [6.45, 7) is 6.09. The molecule has 0 bridgehead atoms. The summed E-state index contributed by atoms with van der Waals surface area (Å²) in [7, 11) is 1.97. The fraction of sp³-hybridized carbons (Fsp3) is 0.280. The van der Waals surface area contributed by atoms with Crippen molar-refractivity contribution in [3.63, 3.8) is 0 Å². The second-order valence-corrected chi connectivity index (χ2v) is 7.81. The number of nitrogens with zero attached hydrogens (tertiary/aromatic N) is 2. The van der Waals surface area contributed by atoms with Gasteiger partial charge in [0.2, 0.25) is 0 Å². The number of benzene rings is 2. The molecule has 5 nitrogen and oxygen atoms in total. The molecule has 1 N–H and O–H groups in total. The molecule has 0 atom stereocenters. The Morgan fingerprint density at radius 1 is 1.13 bits per heavy atom. The Morgan fingerprint density at radius 3 is 2.63 bits per heavy atom. The first kappa shape index (κ1) is 21.4. The summed E-state index contributed by atoms with van der Waals surface area (Å²) in [6.07, 6.45) is 2.17. The Labute approximate surface area is 178 Å². The van der Waals surface area contributed by atoms with Gasteiger partial charge in [-0.1, -0.05) is 32.0 Å². The van der Waals surface area contributed by atoms with Gasteiger partial charge in [0.15, 0.2) is 5.78 Å². The standard InChI is InChI=1S/C25H28N2O3/c1-17(2)14-22(28)21-11-12-23(18(3)25(21)29)30-16-19-8-7-9-20(15-19)27(4)24-10-5-6-13-26-24/h5-13,15,17,29H,14,16H2,1-4H3. The average Bonchev–Trinajstić information content (AvgIpc) is 2.74. The van der Waals surface area contributed by atoms with Gasteiger partial charge in [-0.3, -0.25) is 4.79 Å². The predicted molar refractivity (Wildman–Crippen MR) is 120 cm³/mol. The number of aromatic nitrogens is 1. The summed E-state index contributed by atoms with van der Waals surface area (Å²) >= 11 is 0. The molecule has 3 aromatic rings. The van der Waals surface area contributed by atoms with Crippen molar-refractivity contribution in [1.29, 1.82) is 0 Å². The molecule has 0 aliphatic carbocycles. The highest BCUT2D eigenvalue weighted by molar-refractivity contribution is 5.99. The van der Waals surface area contributed by atoms with Crippen molar-refractivity contribution in [2.45, 2.75) is 33.8 Å². The van der Waals surface area contributed by atoms with E-state index in [-0.39, 0.29) is 17.5 Å². The highest BCUT2D eigenvalue weighted by atomic mass is 16.5. The van der Waals surface area contributed by atoms with Crippen LogP contribution in [0.25, 0.3) is 0 Å². The molecule has 156 valence electrons. The molecule has 0 radical (unpaired) electrons. The molecule has 1 heterocycles. The zero-order chi connectivity index (χ0) is 21.7. The molecular weight excluding hydrogens is 376 g/mol. The lowest BCUT2D eigenvalue weighted by Crippen LogP contribution is -2.11. The molecule has 0 saturated carbocycles. The van der Waals surface area contributed by atoms with Crippen molar-refractivity contribution in [1.82, 2.24) is 4.98 Å². The van der Waals surface area contributed by atoms with E-state index in [4.69, 9.17) is 4.74 Å². The molecule has 5 heteroatoms. The summed E-state index contributed by atoms with van der Waals surface area (Å²) in [4.78, 5) is 18.7. The maximum atomic E-state index is 12.3. The quantitative estimate of drug-likeness (QED) is 0.490. The maximum Gasteiger partial charge on any atom is 0.166 e. The van der Waals surface area contributed by atoms with E-state index in [0.29, 0.717) is 29.9 Å². The van der Waals surface area contributed by atoms with E-state index in [9.17, 15) is 9.90 Å². The number of carbonyl (C=O) groups is 1. The largest absolute Gasteiger partial charge is 0.507 e. The molecule has 0 saturated heterocycles. The molecule has 1 aromatic heterocycles. The highest BCUT2D eigenvalue weighted by Gasteiger charge is 2.17. The van der Waals surface area contributed by atoms with Gasteiger partial charge in [-0.05, 0) is 54.8 Å². The number of ether oxygens (including phenoxy) is 1. The van der Waals surface area contributed by atoms with Crippen LogP contribution in [-0.4, -0.2) is 22.9 Å². The number of carbonyl (C=O) groups excluding carboxylic acids is 1. The minimum Gasteiger partial charge on any atom is -0.507 e. The zero-order valence-electron chi connectivity index (χ0n) is 17.9. The van der Waals surface area contributed by atoms with Gasteiger partial charge in [-0.15, -0.1) is 0 Å². The Balaban J connectivity index is 1.73. The molecule has 30 heavy (non-hydrogen) atoms. The Hall–Kier alpha value is -3.34. The number of phenolic OH excluding ortho intramolecular Hbond substituents is 1. The molecular formula is C25H28N2O3. The monoisotopic (exact) mass is 404 g/mol. The van der Waals surface area contributed by atoms with Crippen LogP contribution in [0.2, 0.25) is 0 Å². The first-order valence-electron chi connectivity index (χ1n) is 10.1. The van der Waals surface area contributed by atoms with Gasteiger partial charge >= 0.3 is 0 Å². The van der Waals surface area contributed by atoms with Crippen LogP contribution in [0.3, 0.4) is 0 Å². The third kappa shape index (κ3) is 4.98. The van der Waals surface area contributed by atoms with E-state index in [0.717, 1.165) is 17.1 Å². The lowest BCUT2D eigenvalue weighted by atomic mass is 9.98. The van der Waals surface area contributed by atoms with Gasteiger partial charge in [0.1, 0.15) is 23.9 Å². The van der Waals surface area contributed by atoms with Crippen molar-refractivity contribution < 1.29 is 14.6 Å². The number of Topliss-reactive ketones (excluding diaryl/α,β-unsaturated/α-hetero) is 1. The first-order valence-corrected chi connectivity index (χ1v) is 10.1. The maximum absolute atomic E-state index is 12.3. The molecule has 0 aliphatic rings. The summed E-state index contributed by atoms with van der Waals surface area (Å²) in [6, 6.07) is 17.2. The number of phenols is 1. The third-order valence-electron chi connectivity index (χ3n) is 4.96. The molecule has 0 aliphatic heterocycles. The number of rotatable bonds is 8. The van der Waals surface area contributed by atoms with Crippen LogP contribution in [0.1, 0.15) is 41.8 Å². The SMILES string of the molecule is Cc1c(OCc2cccc(N(C)c3ccccn3)c2)ccc(C(=O)CC(C)C)c1O. The second-order valence-electron chi connectivity index (χ2n) is 7.81. The summed E-state index contributed by atoms with van der Waals surface area (Å²) in [5, 5.41) is 10.5. The molecule has 2 aromatic carbocycles. The van der Waals surface area contributed by atoms with E-state index >= 15 is 0 Å². The van der Waals surface area contributed by atoms with Gasteiger partial charge in [-0.25, -0.2) is 4.98 Å². The van der Waals surface area contributed by atoms with Crippen LogP contribution in [-0.2, 0) is 6.61 Å². The van der Waals surface area contributed by atoms with Crippen molar-refractivity contribution in [2.24, 2.45) is 5.92 Å². The number of hydrogen-bond donors (Lipinski definition) is 1. The first-order chi connectivity index (χ1) is 14.4. The number of aromatic hydroxyl groups is 1. The van der Waals surface area contributed by atoms with E-state index in [2.05, 4.69) is 4.98 Å². The van der Waals surface area contributed by atoms with Gasteiger partial charge < -0.3 is 14.7 Å². The molecule has 0 spiro atoms. The van der Waals surface area contributed by atoms with Crippen molar-refractivity contribution in [3.8, 4) is 11.5 Å². The Kier molecular flexibility index (Phi) is 6.72. The lowest BCUT2D eigenvalue weighted by molar-refractivity contribution is 0.0965. The van der Waals surface area contributed by atoms with Crippen molar-refractivity contribution in [3.05, 3.63) is 77.5 Å². The molecule has 3 rings (SSSR count). The molecule has 0 fully saturated rings. The van der Waals surface area contributed by atoms with Crippen LogP contribution in [0.5, 0.6) is 11.5 Å². The van der Waals surface area contributed by atoms with Gasteiger partial charge in [0.05, 0.1) is 5.56 Å². The van der Waals surface area contributed by atoms with Gasteiger partial charge in [0.25, 0.3) is 0 Å². The fourth-order valence-corrected chi connectivity index (χ4v) is 3.24. The van der Waals surface area contributed by atoms with E-state index < -0.39 is 0 Å². The average molecular weight is 405 g/mol. The lowest BCUT2D eigenvalue weighted by Gasteiger charge is -2.19. The number of pyridine rings is 1. The molecule has 0 amide bonds. The van der Waals surface area contributed by atoms with Crippen molar-refractivity contribution in [2.75, 3.05) is 11.9 Å². The third-order valence-corrected chi connectivity index (χ3v) is 4.96. The van der Waals surface area contributed by atoms with Crippen LogP contribution in [0.15, 0.2) is 60.8 Å². The van der Waals surface area contributed by atoms with E-state index in [1.54, 1.807) is 25.3 Å². The summed E-state index contributed by atoms with van der Waals surface area (Å²) in [5.74, 6) is 1.61. The van der Waals surface area contributed by atoms with Gasteiger partial charge in [0, 0.05) is 30.9 Å². The fourth-order valence-electron chi connectivity index (χ4n) is 3.24. The molecule has 0 unspecified atom stereocenters. The van der Waals surface area contributed by atoms with Crippen LogP contribution < -0.4 is 9.64 Å². The van der Waals surface area contributed by atoms with E-state index in [1.165, 1.54) is 0 Å². The topological polar surface area (TPSA) is 62.7 Å². The second kappa shape index (κ2) is 9.44.